The highest BCUT2D eigenvalue weighted by atomic mass is 127. The van der Waals surface area contributed by atoms with Crippen LogP contribution in [-0.4, -0.2) is 62.8 Å². The zero-order chi connectivity index (χ0) is 16.2. The highest BCUT2D eigenvalue weighted by Gasteiger charge is 2.21. The molecule has 1 aliphatic rings. The van der Waals surface area contributed by atoms with Crippen LogP contribution in [0.25, 0.3) is 0 Å². The smallest absolute Gasteiger partial charge is 0.191 e. The lowest BCUT2D eigenvalue weighted by Crippen LogP contribution is -2.46. The number of ether oxygens (including phenoxy) is 1. The summed E-state index contributed by atoms with van der Waals surface area (Å²) < 4.78 is 5.18. The third kappa shape index (κ3) is 9.72. The van der Waals surface area contributed by atoms with Gasteiger partial charge in [0.05, 0.1) is 13.2 Å². The van der Waals surface area contributed by atoms with Crippen LogP contribution in [0.3, 0.4) is 0 Å². The van der Waals surface area contributed by atoms with E-state index in [1.54, 1.807) is 7.11 Å². The fraction of sp³-hybridized carbons (Fsp3) is 0.941. The van der Waals surface area contributed by atoms with Gasteiger partial charge in [-0.1, -0.05) is 19.8 Å². The lowest BCUT2D eigenvalue weighted by Gasteiger charge is -2.35. The van der Waals surface area contributed by atoms with Crippen LogP contribution in [0.4, 0.5) is 0 Å². The molecule has 0 aromatic heterocycles. The second kappa shape index (κ2) is 14.3. The molecule has 0 aliphatic carbocycles. The number of guanidine groups is 1. The first-order valence-corrected chi connectivity index (χ1v) is 8.99. The van der Waals surface area contributed by atoms with Crippen molar-refractivity contribution in [2.45, 2.75) is 65.0 Å². The minimum absolute atomic E-state index is 0. The Bertz CT molecular complexity index is 315. The Hall–Kier alpha value is -0.0800. The zero-order valence-corrected chi connectivity index (χ0v) is 17.8. The molecule has 2 unspecified atom stereocenters. The SMILES string of the molecule is CCCCN1CCCCC1CN=C(NCC)NC(C)COC.I. The van der Waals surface area contributed by atoms with Gasteiger partial charge in [-0.15, -0.1) is 24.0 Å². The second-order valence-electron chi connectivity index (χ2n) is 6.26. The number of methoxy groups -OCH3 is 1. The summed E-state index contributed by atoms with van der Waals surface area (Å²) in [6.07, 6.45) is 6.52. The third-order valence-electron chi connectivity index (χ3n) is 4.15. The van der Waals surface area contributed by atoms with Crippen molar-refractivity contribution < 1.29 is 4.74 Å². The molecule has 0 spiro atoms. The van der Waals surface area contributed by atoms with Gasteiger partial charge in [-0.3, -0.25) is 9.89 Å². The fourth-order valence-electron chi connectivity index (χ4n) is 2.96. The number of rotatable bonds is 9. The summed E-state index contributed by atoms with van der Waals surface area (Å²) in [6, 6.07) is 0.874. The highest BCUT2D eigenvalue weighted by molar-refractivity contribution is 14.0. The number of hydrogen-bond acceptors (Lipinski definition) is 3. The van der Waals surface area contributed by atoms with E-state index in [-0.39, 0.29) is 30.0 Å². The molecule has 0 aromatic carbocycles. The van der Waals surface area contributed by atoms with Crippen LogP contribution in [0.15, 0.2) is 4.99 Å². The molecule has 1 fully saturated rings. The summed E-state index contributed by atoms with van der Waals surface area (Å²) >= 11 is 0. The average molecular weight is 440 g/mol. The van der Waals surface area contributed by atoms with Crippen LogP contribution >= 0.6 is 24.0 Å². The van der Waals surface area contributed by atoms with Crippen LogP contribution in [0.1, 0.15) is 52.9 Å². The Balaban J connectivity index is 0.00000484. The third-order valence-corrected chi connectivity index (χ3v) is 4.15. The van der Waals surface area contributed by atoms with E-state index in [1.165, 1.54) is 45.2 Å². The van der Waals surface area contributed by atoms with Crippen LogP contribution in [0, 0.1) is 0 Å². The quantitative estimate of drug-likeness (QED) is 0.329. The molecular weight excluding hydrogens is 403 g/mol. The number of piperidine rings is 1. The predicted molar refractivity (Wildman–Crippen MR) is 110 cm³/mol. The van der Waals surface area contributed by atoms with Crippen LogP contribution in [-0.2, 0) is 4.74 Å². The number of unbranched alkanes of at least 4 members (excludes halogenated alkanes) is 1. The summed E-state index contributed by atoms with van der Waals surface area (Å²) in [4.78, 5) is 7.45. The van der Waals surface area contributed by atoms with Crippen molar-refractivity contribution >= 4 is 29.9 Å². The molecule has 2 N–H and O–H groups in total. The first-order chi connectivity index (χ1) is 10.7. The van der Waals surface area contributed by atoms with Crippen molar-refractivity contribution in [3.8, 4) is 0 Å². The summed E-state index contributed by atoms with van der Waals surface area (Å²) in [5.41, 5.74) is 0. The minimum atomic E-state index is 0. The van der Waals surface area contributed by atoms with Crippen molar-refractivity contribution in [1.29, 1.82) is 0 Å². The zero-order valence-electron chi connectivity index (χ0n) is 15.4. The Morgan fingerprint density at radius 3 is 2.78 bits per heavy atom. The van der Waals surface area contributed by atoms with Gasteiger partial charge in [-0.05, 0) is 46.2 Å². The van der Waals surface area contributed by atoms with E-state index in [0.29, 0.717) is 12.6 Å². The maximum Gasteiger partial charge on any atom is 0.191 e. The number of likely N-dealkylation sites (tertiary alicyclic amines) is 1. The van der Waals surface area contributed by atoms with Gasteiger partial charge in [0.1, 0.15) is 0 Å². The molecule has 1 aliphatic heterocycles. The van der Waals surface area contributed by atoms with Gasteiger partial charge < -0.3 is 15.4 Å². The molecule has 138 valence electrons. The molecule has 2 atom stereocenters. The molecule has 6 heteroatoms. The molecule has 0 bridgehead atoms. The van der Waals surface area contributed by atoms with E-state index in [1.807, 2.05) is 0 Å². The number of aliphatic imine (C=N–C) groups is 1. The average Bonchev–Trinajstić information content (AvgIpc) is 2.52. The molecule has 1 rings (SSSR count). The highest BCUT2D eigenvalue weighted by Crippen LogP contribution is 2.17. The van der Waals surface area contributed by atoms with E-state index in [0.717, 1.165) is 19.0 Å². The van der Waals surface area contributed by atoms with Crippen molar-refractivity contribution in [2.75, 3.05) is 39.9 Å². The molecule has 1 heterocycles. The van der Waals surface area contributed by atoms with Gasteiger partial charge in [0.15, 0.2) is 5.96 Å². The van der Waals surface area contributed by atoms with Crippen LogP contribution in [0.5, 0.6) is 0 Å². The summed E-state index contributed by atoms with van der Waals surface area (Å²) in [7, 11) is 1.73. The largest absolute Gasteiger partial charge is 0.383 e. The van der Waals surface area contributed by atoms with Gasteiger partial charge in [0.25, 0.3) is 0 Å². The Kier molecular flexibility index (Phi) is 14.2. The molecular formula is C17H37IN4O. The van der Waals surface area contributed by atoms with Crippen LogP contribution in [0.2, 0.25) is 0 Å². The lowest BCUT2D eigenvalue weighted by atomic mass is 10.0. The van der Waals surface area contributed by atoms with E-state index in [4.69, 9.17) is 9.73 Å². The van der Waals surface area contributed by atoms with Crippen molar-refractivity contribution in [2.24, 2.45) is 4.99 Å². The van der Waals surface area contributed by atoms with Crippen LogP contribution < -0.4 is 10.6 Å². The van der Waals surface area contributed by atoms with Gasteiger partial charge >= 0.3 is 0 Å². The second-order valence-corrected chi connectivity index (χ2v) is 6.26. The Morgan fingerprint density at radius 1 is 1.35 bits per heavy atom. The van der Waals surface area contributed by atoms with Crippen molar-refractivity contribution in [1.82, 2.24) is 15.5 Å². The van der Waals surface area contributed by atoms with Crippen molar-refractivity contribution in [3.63, 3.8) is 0 Å². The fourth-order valence-corrected chi connectivity index (χ4v) is 2.96. The molecule has 23 heavy (non-hydrogen) atoms. The topological polar surface area (TPSA) is 48.9 Å². The standard InChI is InChI=1S/C17H36N4O.HI/c1-5-7-11-21-12-9-8-10-16(21)13-19-17(18-6-2)20-15(3)14-22-4;/h15-16H,5-14H2,1-4H3,(H2,18,19,20);1H. The van der Waals surface area contributed by atoms with E-state index in [2.05, 4.69) is 36.3 Å². The maximum atomic E-state index is 5.18. The van der Waals surface area contributed by atoms with E-state index < -0.39 is 0 Å². The van der Waals surface area contributed by atoms with E-state index in [9.17, 15) is 0 Å². The molecule has 1 saturated heterocycles. The number of halogens is 1. The van der Waals surface area contributed by atoms with Gasteiger partial charge in [0, 0.05) is 25.7 Å². The molecule has 0 amide bonds. The summed E-state index contributed by atoms with van der Waals surface area (Å²) in [5.74, 6) is 0.910. The summed E-state index contributed by atoms with van der Waals surface area (Å²) in [5, 5.41) is 6.75. The number of hydrogen-bond donors (Lipinski definition) is 2. The predicted octanol–water partition coefficient (Wildman–Crippen LogP) is 2.85. The van der Waals surface area contributed by atoms with E-state index >= 15 is 0 Å². The lowest BCUT2D eigenvalue weighted by molar-refractivity contribution is 0.151. The number of nitrogens with one attached hydrogen (secondary N) is 2. The number of nitrogens with zero attached hydrogens (tertiary/aromatic N) is 2. The van der Waals surface area contributed by atoms with Gasteiger partial charge in [-0.25, -0.2) is 0 Å². The molecule has 0 aromatic rings. The molecule has 0 saturated carbocycles. The summed E-state index contributed by atoms with van der Waals surface area (Å²) in [6.45, 7) is 11.4. The normalized spacial score (nSPS) is 20.7. The molecule has 0 radical (unpaired) electrons. The first kappa shape index (κ1) is 22.9. The minimum Gasteiger partial charge on any atom is -0.383 e. The van der Waals surface area contributed by atoms with Crippen molar-refractivity contribution in [3.05, 3.63) is 0 Å². The molecule has 5 nitrogen and oxygen atoms in total. The Morgan fingerprint density at radius 2 is 2.13 bits per heavy atom. The Labute approximate surface area is 160 Å². The first-order valence-electron chi connectivity index (χ1n) is 8.99. The van der Waals surface area contributed by atoms with Gasteiger partial charge in [-0.2, -0.15) is 0 Å². The monoisotopic (exact) mass is 440 g/mol. The maximum absolute atomic E-state index is 5.18. The van der Waals surface area contributed by atoms with Gasteiger partial charge in [0.2, 0.25) is 0 Å².